The third-order valence-corrected chi connectivity index (χ3v) is 2.43. The standard InChI is InChI=1S/C8H17NO/c1-3-5-8(10)6-4-7-9(8)2/h10H,3-7H2,1-2H3. The number of hydrogen-bond donors (Lipinski definition) is 1. The summed E-state index contributed by atoms with van der Waals surface area (Å²) < 4.78 is 0. The van der Waals surface area contributed by atoms with Gasteiger partial charge in [-0.3, -0.25) is 4.90 Å². The molecule has 1 atom stereocenters. The highest BCUT2D eigenvalue weighted by Gasteiger charge is 2.34. The molecule has 1 heterocycles. The highest BCUT2D eigenvalue weighted by molar-refractivity contribution is 4.82. The van der Waals surface area contributed by atoms with Crippen molar-refractivity contribution in [3.63, 3.8) is 0 Å². The van der Waals surface area contributed by atoms with Gasteiger partial charge >= 0.3 is 0 Å². The summed E-state index contributed by atoms with van der Waals surface area (Å²) in [5.74, 6) is 0. The molecule has 0 aliphatic carbocycles. The molecular formula is C8H17NO. The molecule has 2 heteroatoms. The van der Waals surface area contributed by atoms with Gasteiger partial charge in [-0.15, -0.1) is 0 Å². The van der Waals surface area contributed by atoms with E-state index in [4.69, 9.17) is 0 Å². The van der Waals surface area contributed by atoms with Crippen LogP contribution in [-0.2, 0) is 0 Å². The van der Waals surface area contributed by atoms with Crippen LogP contribution in [0.4, 0.5) is 0 Å². The summed E-state index contributed by atoms with van der Waals surface area (Å²) in [6.07, 6.45) is 4.09. The monoisotopic (exact) mass is 143 g/mol. The van der Waals surface area contributed by atoms with Crippen LogP contribution in [0.1, 0.15) is 32.6 Å². The molecule has 2 nitrogen and oxygen atoms in total. The Morgan fingerprint density at radius 3 is 2.70 bits per heavy atom. The lowest BCUT2D eigenvalue weighted by atomic mass is 10.1. The van der Waals surface area contributed by atoms with E-state index in [9.17, 15) is 5.11 Å². The van der Waals surface area contributed by atoms with Gasteiger partial charge in [0.25, 0.3) is 0 Å². The van der Waals surface area contributed by atoms with Crippen molar-refractivity contribution in [2.24, 2.45) is 0 Å². The molecule has 1 unspecified atom stereocenters. The minimum atomic E-state index is -0.464. The summed E-state index contributed by atoms with van der Waals surface area (Å²) in [4.78, 5) is 2.07. The maximum Gasteiger partial charge on any atom is 0.118 e. The smallest absolute Gasteiger partial charge is 0.118 e. The molecule has 0 aromatic carbocycles. The minimum Gasteiger partial charge on any atom is -0.376 e. The lowest BCUT2D eigenvalue weighted by molar-refractivity contribution is -0.0737. The zero-order valence-electron chi connectivity index (χ0n) is 6.93. The summed E-state index contributed by atoms with van der Waals surface area (Å²) >= 11 is 0. The first kappa shape index (κ1) is 8.02. The third kappa shape index (κ3) is 1.32. The molecule has 0 spiro atoms. The van der Waals surface area contributed by atoms with Crippen molar-refractivity contribution in [2.75, 3.05) is 13.6 Å². The van der Waals surface area contributed by atoms with Crippen LogP contribution in [0, 0.1) is 0 Å². The van der Waals surface area contributed by atoms with Crippen molar-refractivity contribution < 1.29 is 5.11 Å². The molecule has 1 saturated heterocycles. The van der Waals surface area contributed by atoms with Crippen molar-refractivity contribution in [3.05, 3.63) is 0 Å². The van der Waals surface area contributed by atoms with E-state index in [2.05, 4.69) is 11.8 Å². The Balaban J connectivity index is 2.48. The average Bonchev–Trinajstić information content (AvgIpc) is 2.15. The predicted octanol–water partition coefficient (Wildman–Crippen LogP) is 1.20. The Hall–Kier alpha value is -0.0800. The molecule has 0 saturated carbocycles. The van der Waals surface area contributed by atoms with Crippen LogP contribution in [-0.4, -0.2) is 29.3 Å². The summed E-state index contributed by atoms with van der Waals surface area (Å²) in [6.45, 7) is 3.17. The second kappa shape index (κ2) is 2.89. The quantitative estimate of drug-likeness (QED) is 0.628. The predicted molar refractivity (Wildman–Crippen MR) is 41.7 cm³/mol. The highest BCUT2D eigenvalue weighted by Crippen LogP contribution is 2.28. The fourth-order valence-electron chi connectivity index (χ4n) is 1.71. The van der Waals surface area contributed by atoms with Gasteiger partial charge < -0.3 is 5.11 Å². The van der Waals surface area contributed by atoms with E-state index in [-0.39, 0.29) is 0 Å². The number of aliphatic hydroxyl groups is 1. The summed E-state index contributed by atoms with van der Waals surface area (Å²) in [6, 6.07) is 0. The van der Waals surface area contributed by atoms with E-state index in [1.807, 2.05) is 7.05 Å². The molecule has 1 rings (SSSR count). The maximum atomic E-state index is 9.89. The third-order valence-electron chi connectivity index (χ3n) is 2.43. The molecule has 0 aromatic rings. The van der Waals surface area contributed by atoms with Crippen molar-refractivity contribution >= 4 is 0 Å². The molecule has 0 radical (unpaired) electrons. The van der Waals surface area contributed by atoms with E-state index in [1.165, 1.54) is 0 Å². The van der Waals surface area contributed by atoms with Crippen molar-refractivity contribution in [1.29, 1.82) is 0 Å². The van der Waals surface area contributed by atoms with Crippen molar-refractivity contribution in [2.45, 2.75) is 38.3 Å². The average molecular weight is 143 g/mol. The number of hydrogen-bond acceptors (Lipinski definition) is 2. The van der Waals surface area contributed by atoms with Gasteiger partial charge in [0.15, 0.2) is 0 Å². The largest absolute Gasteiger partial charge is 0.376 e. The second-order valence-corrected chi connectivity index (χ2v) is 3.26. The number of likely N-dealkylation sites (tertiary alicyclic amines) is 1. The fourth-order valence-corrected chi connectivity index (χ4v) is 1.71. The van der Waals surface area contributed by atoms with Crippen molar-refractivity contribution in [3.8, 4) is 0 Å². The van der Waals surface area contributed by atoms with Gasteiger partial charge in [-0.05, 0) is 26.3 Å². The van der Waals surface area contributed by atoms with E-state index in [0.29, 0.717) is 0 Å². The topological polar surface area (TPSA) is 23.5 Å². The molecule has 1 fully saturated rings. The summed E-state index contributed by atoms with van der Waals surface area (Å²) in [7, 11) is 2.00. The molecular weight excluding hydrogens is 126 g/mol. The summed E-state index contributed by atoms with van der Waals surface area (Å²) in [5.41, 5.74) is -0.464. The SMILES string of the molecule is CCCC1(O)CCCN1C. The van der Waals surface area contributed by atoms with Gasteiger partial charge in [0, 0.05) is 6.54 Å². The van der Waals surface area contributed by atoms with Crippen LogP contribution in [0.5, 0.6) is 0 Å². The molecule has 0 bridgehead atoms. The van der Waals surface area contributed by atoms with Crippen LogP contribution >= 0.6 is 0 Å². The zero-order chi connectivity index (χ0) is 7.61. The molecule has 0 amide bonds. The first-order valence-corrected chi connectivity index (χ1v) is 4.12. The highest BCUT2D eigenvalue weighted by atomic mass is 16.3. The van der Waals surface area contributed by atoms with E-state index >= 15 is 0 Å². The second-order valence-electron chi connectivity index (χ2n) is 3.26. The van der Waals surface area contributed by atoms with E-state index < -0.39 is 5.72 Å². The van der Waals surface area contributed by atoms with Crippen LogP contribution < -0.4 is 0 Å². The fraction of sp³-hybridized carbons (Fsp3) is 1.00. The molecule has 0 aromatic heterocycles. The van der Waals surface area contributed by atoms with Crippen LogP contribution in [0.3, 0.4) is 0 Å². The molecule has 10 heavy (non-hydrogen) atoms. The van der Waals surface area contributed by atoms with Gasteiger partial charge in [-0.25, -0.2) is 0 Å². The van der Waals surface area contributed by atoms with Gasteiger partial charge in [-0.2, -0.15) is 0 Å². The van der Waals surface area contributed by atoms with E-state index in [0.717, 1.165) is 32.2 Å². The Bertz CT molecular complexity index is 116. The normalized spacial score (nSPS) is 35.1. The lowest BCUT2D eigenvalue weighted by Gasteiger charge is -2.29. The first-order valence-electron chi connectivity index (χ1n) is 4.12. The Kier molecular flexibility index (Phi) is 2.32. The molecule has 1 N–H and O–H groups in total. The molecule has 1 aliphatic heterocycles. The Morgan fingerprint density at radius 1 is 1.60 bits per heavy atom. The van der Waals surface area contributed by atoms with Crippen molar-refractivity contribution in [1.82, 2.24) is 4.90 Å². The van der Waals surface area contributed by atoms with Gasteiger partial charge in [0.2, 0.25) is 0 Å². The van der Waals surface area contributed by atoms with E-state index in [1.54, 1.807) is 0 Å². The van der Waals surface area contributed by atoms with Crippen LogP contribution in [0.25, 0.3) is 0 Å². The van der Waals surface area contributed by atoms with Crippen LogP contribution in [0.2, 0.25) is 0 Å². The maximum absolute atomic E-state index is 9.89. The van der Waals surface area contributed by atoms with Gasteiger partial charge in [0.1, 0.15) is 5.72 Å². The van der Waals surface area contributed by atoms with Crippen LogP contribution in [0.15, 0.2) is 0 Å². The van der Waals surface area contributed by atoms with Gasteiger partial charge in [0.05, 0.1) is 0 Å². The van der Waals surface area contributed by atoms with Gasteiger partial charge in [-0.1, -0.05) is 13.3 Å². The Labute approximate surface area is 62.8 Å². The lowest BCUT2D eigenvalue weighted by Crippen LogP contribution is -2.40. The minimum absolute atomic E-state index is 0.464. The summed E-state index contributed by atoms with van der Waals surface area (Å²) in [5, 5.41) is 9.89. The first-order chi connectivity index (χ1) is 4.69. The number of nitrogens with zero attached hydrogens (tertiary/aromatic N) is 1. The number of rotatable bonds is 2. The molecule has 60 valence electrons. The molecule has 1 aliphatic rings. The Morgan fingerprint density at radius 2 is 2.30 bits per heavy atom. The zero-order valence-corrected chi connectivity index (χ0v) is 6.93.